The van der Waals surface area contributed by atoms with E-state index in [1.54, 1.807) is 4.90 Å². The Kier molecular flexibility index (Phi) is 4.92. The number of anilines is 1. The molecule has 2 aromatic carbocycles. The number of nitrogens with zero attached hydrogens (tertiary/aromatic N) is 2. The topological polar surface area (TPSA) is 49.7 Å². The molecule has 0 bridgehead atoms. The van der Waals surface area contributed by atoms with Crippen molar-refractivity contribution in [3.05, 3.63) is 87.8 Å². The molecule has 140 valence electrons. The van der Waals surface area contributed by atoms with E-state index >= 15 is 0 Å². The number of aryl methyl sites for hydroxylation is 2. The van der Waals surface area contributed by atoms with E-state index in [1.165, 1.54) is 11.3 Å². The quantitative estimate of drug-likeness (QED) is 0.621. The Morgan fingerprint density at radius 2 is 1.86 bits per heavy atom. The van der Waals surface area contributed by atoms with Crippen molar-refractivity contribution < 1.29 is 9.59 Å². The van der Waals surface area contributed by atoms with Crippen LogP contribution in [-0.4, -0.2) is 30.5 Å². The van der Waals surface area contributed by atoms with Gasteiger partial charge in [-0.1, -0.05) is 53.6 Å². The molecule has 0 fully saturated rings. The van der Waals surface area contributed by atoms with Crippen molar-refractivity contribution in [1.82, 2.24) is 0 Å². The smallest absolute Gasteiger partial charge is 0.249 e. The lowest BCUT2D eigenvalue weighted by molar-refractivity contribution is -0.117. The number of rotatable bonds is 4. The number of benzene rings is 2. The normalized spacial score (nSPS) is 13.7. The highest BCUT2D eigenvalue weighted by Gasteiger charge is 2.28. The summed E-state index contributed by atoms with van der Waals surface area (Å²) in [7, 11) is 0. The zero-order chi connectivity index (χ0) is 19.7. The molecule has 1 aliphatic rings. The SMILES string of the molecule is Cc1ccc(C(=O)CN2C(=O)CN=C(c3cccc(C)c3)c3ccsc32)cc1. The van der Waals surface area contributed by atoms with E-state index in [1.807, 2.05) is 67.8 Å². The summed E-state index contributed by atoms with van der Waals surface area (Å²) in [6, 6.07) is 17.5. The highest BCUT2D eigenvalue weighted by Crippen LogP contribution is 2.32. The number of ketones is 1. The van der Waals surface area contributed by atoms with Crippen LogP contribution in [0.1, 0.15) is 32.6 Å². The van der Waals surface area contributed by atoms with Gasteiger partial charge < -0.3 is 0 Å². The lowest BCUT2D eigenvalue weighted by Crippen LogP contribution is -2.36. The van der Waals surface area contributed by atoms with Gasteiger partial charge in [-0.3, -0.25) is 19.5 Å². The number of hydrogen-bond acceptors (Lipinski definition) is 4. The van der Waals surface area contributed by atoms with E-state index in [0.717, 1.165) is 33.0 Å². The monoisotopic (exact) mass is 388 g/mol. The van der Waals surface area contributed by atoms with Gasteiger partial charge in [-0.25, -0.2) is 0 Å². The Hall–Kier alpha value is -3.05. The number of carbonyl (C=O) groups excluding carboxylic acids is 2. The van der Waals surface area contributed by atoms with E-state index < -0.39 is 0 Å². The van der Waals surface area contributed by atoms with E-state index in [2.05, 4.69) is 11.1 Å². The van der Waals surface area contributed by atoms with Gasteiger partial charge in [-0.05, 0) is 31.4 Å². The van der Waals surface area contributed by atoms with Crippen molar-refractivity contribution >= 4 is 33.7 Å². The highest BCUT2D eigenvalue weighted by molar-refractivity contribution is 7.15. The Morgan fingerprint density at radius 3 is 2.61 bits per heavy atom. The molecular formula is C23H20N2O2S. The summed E-state index contributed by atoms with van der Waals surface area (Å²) < 4.78 is 0. The molecule has 0 spiro atoms. The maximum Gasteiger partial charge on any atom is 0.249 e. The molecule has 0 N–H and O–H groups in total. The van der Waals surface area contributed by atoms with Gasteiger partial charge in [0.25, 0.3) is 0 Å². The second-order valence-corrected chi connectivity index (χ2v) is 7.84. The number of thiophene rings is 1. The summed E-state index contributed by atoms with van der Waals surface area (Å²) in [6.45, 7) is 4.07. The molecule has 0 atom stereocenters. The Bertz CT molecular complexity index is 1080. The fraction of sp³-hybridized carbons (Fsp3) is 0.174. The molecule has 28 heavy (non-hydrogen) atoms. The van der Waals surface area contributed by atoms with E-state index in [-0.39, 0.29) is 24.8 Å². The second kappa shape index (κ2) is 7.52. The maximum atomic E-state index is 12.8. The number of hydrogen-bond donors (Lipinski definition) is 0. The molecule has 0 saturated heterocycles. The van der Waals surface area contributed by atoms with Crippen molar-refractivity contribution in [2.75, 3.05) is 18.0 Å². The molecule has 5 heteroatoms. The minimum Gasteiger partial charge on any atom is -0.294 e. The van der Waals surface area contributed by atoms with E-state index in [9.17, 15) is 9.59 Å². The van der Waals surface area contributed by atoms with Gasteiger partial charge in [-0.2, -0.15) is 0 Å². The summed E-state index contributed by atoms with van der Waals surface area (Å²) in [6.07, 6.45) is 0. The largest absolute Gasteiger partial charge is 0.294 e. The standard InChI is InChI=1S/C23H20N2O2S/c1-15-6-8-17(9-7-15)20(26)14-25-21(27)13-24-22(19-10-11-28-23(19)25)18-5-3-4-16(2)12-18/h3-12H,13-14H2,1-2H3. The maximum absolute atomic E-state index is 12.8. The molecule has 1 aliphatic heterocycles. The minimum absolute atomic E-state index is 0.0199. The van der Waals surface area contributed by atoms with Crippen LogP contribution in [0.3, 0.4) is 0 Å². The van der Waals surface area contributed by atoms with Gasteiger partial charge in [0.05, 0.1) is 12.3 Å². The van der Waals surface area contributed by atoms with Crippen LogP contribution in [-0.2, 0) is 4.79 Å². The Morgan fingerprint density at radius 1 is 1.07 bits per heavy atom. The third-order valence-electron chi connectivity index (χ3n) is 4.79. The van der Waals surface area contributed by atoms with Gasteiger partial charge in [0, 0.05) is 16.7 Å². The summed E-state index contributed by atoms with van der Waals surface area (Å²) >= 11 is 1.46. The van der Waals surface area contributed by atoms with Crippen molar-refractivity contribution in [1.29, 1.82) is 0 Å². The zero-order valence-electron chi connectivity index (χ0n) is 15.8. The summed E-state index contributed by atoms with van der Waals surface area (Å²) in [5.41, 5.74) is 5.54. The lowest BCUT2D eigenvalue weighted by atomic mass is 10.0. The Labute approximate surface area is 168 Å². The average Bonchev–Trinajstić information content (AvgIpc) is 3.11. The number of fused-ring (bicyclic) bond motifs is 1. The fourth-order valence-electron chi connectivity index (χ4n) is 3.29. The van der Waals surface area contributed by atoms with Gasteiger partial charge >= 0.3 is 0 Å². The molecule has 1 aromatic heterocycles. The molecule has 0 saturated carbocycles. The molecule has 2 heterocycles. The van der Waals surface area contributed by atoms with Crippen LogP contribution in [0.4, 0.5) is 5.00 Å². The van der Waals surface area contributed by atoms with Crippen LogP contribution >= 0.6 is 11.3 Å². The summed E-state index contributed by atoms with van der Waals surface area (Å²) in [4.78, 5) is 31.8. The van der Waals surface area contributed by atoms with Crippen LogP contribution in [0.2, 0.25) is 0 Å². The van der Waals surface area contributed by atoms with Gasteiger partial charge in [0.1, 0.15) is 11.5 Å². The molecule has 4 nitrogen and oxygen atoms in total. The second-order valence-electron chi connectivity index (χ2n) is 6.94. The van der Waals surface area contributed by atoms with E-state index in [4.69, 9.17) is 0 Å². The summed E-state index contributed by atoms with van der Waals surface area (Å²) in [5.74, 6) is -0.237. The van der Waals surface area contributed by atoms with Crippen molar-refractivity contribution in [2.24, 2.45) is 4.99 Å². The van der Waals surface area contributed by atoms with Crippen LogP contribution in [0, 0.1) is 13.8 Å². The Balaban J connectivity index is 1.68. The van der Waals surface area contributed by atoms with Crippen molar-refractivity contribution in [3.8, 4) is 0 Å². The zero-order valence-corrected chi connectivity index (χ0v) is 16.6. The van der Waals surface area contributed by atoms with Crippen molar-refractivity contribution in [3.63, 3.8) is 0 Å². The molecule has 4 rings (SSSR count). The first-order valence-electron chi connectivity index (χ1n) is 9.12. The highest BCUT2D eigenvalue weighted by atomic mass is 32.1. The van der Waals surface area contributed by atoms with Crippen LogP contribution < -0.4 is 4.90 Å². The van der Waals surface area contributed by atoms with E-state index in [0.29, 0.717) is 5.56 Å². The summed E-state index contributed by atoms with van der Waals surface area (Å²) in [5, 5.41) is 2.72. The number of Topliss-reactive ketones (excluding diaryl/α,β-unsaturated/α-hetero) is 1. The molecule has 0 unspecified atom stereocenters. The average molecular weight is 388 g/mol. The van der Waals surface area contributed by atoms with Crippen LogP contribution in [0.25, 0.3) is 0 Å². The van der Waals surface area contributed by atoms with Crippen molar-refractivity contribution in [2.45, 2.75) is 13.8 Å². The lowest BCUT2D eigenvalue weighted by Gasteiger charge is -2.19. The molecule has 3 aromatic rings. The van der Waals surface area contributed by atoms with Gasteiger partial charge in [-0.15, -0.1) is 11.3 Å². The predicted octanol–water partition coefficient (Wildman–Crippen LogP) is 4.43. The van der Waals surface area contributed by atoms with Gasteiger partial charge in [0.15, 0.2) is 5.78 Å². The first kappa shape index (κ1) is 18.3. The molecule has 1 amide bonds. The number of amides is 1. The third kappa shape index (κ3) is 3.53. The third-order valence-corrected chi connectivity index (χ3v) is 5.72. The predicted molar refractivity (Wildman–Crippen MR) is 114 cm³/mol. The molecular weight excluding hydrogens is 368 g/mol. The minimum atomic E-state index is -0.160. The molecule has 0 radical (unpaired) electrons. The number of carbonyl (C=O) groups is 2. The first-order valence-corrected chi connectivity index (χ1v) is 10.0. The molecule has 0 aliphatic carbocycles. The number of aliphatic imine (C=N–C) groups is 1. The fourth-order valence-corrected chi connectivity index (χ4v) is 4.21. The van der Waals surface area contributed by atoms with Crippen LogP contribution in [0.15, 0.2) is 65.0 Å². The first-order chi connectivity index (χ1) is 13.5. The van der Waals surface area contributed by atoms with Gasteiger partial charge in [0.2, 0.25) is 5.91 Å². The van der Waals surface area contributed by atoms with Crippen LogP contribution in [0.5, 0.6) is 0 Å².